The first-order valence-electron chi connectivity index (χ1n) is 17.4. The smallest absolute Gasteiger partial charge is 0.306 e. The molecule has 5 unspecified atom stereocenters. The molecular weight excluding hydrogens is 645 g/mol. The number of carboxylic acid groups (broad SMARTS) is 1. The molecule has 0 aromatic carbocycles. The number of carboxylic acids is 1. The fourth-order valence-electron chi connectivity index (χ4n) is 6.71. The van der Waals surface area contributed by atoms with Crippen LogP contribution in [0.15, 0.2) is 11.6 Å². The molecule has 0 spiro atoms. The van der Waals surface area contributed by atoms with E-state index >= 15 is 0 Å². The Morgan fingerprint density at radius 1 is 1.12 bits per heavy atom. The third-order valence-electron chi connectivity index (χ3n) is 11.8. The predicted molar refractivity (Wildman–Crippen MR) is 188 cm³/mol. The zero-order valence-electron chi connectivity index (χ0n) is 31.0. The number of nitrogens with zero attached hydrogens (tertiary/aromatic N) is 5. The molecule has 2 aliphatic carbocycles. The monoisotopic (exact) mass is 700 g/mol. The number of likely N-dealkylation sites (N-methyl/N-ethyl adjacent to an activating group) is 2. The summed E-state index contributed by atoms with van der Waals surface area (Å²) < 4.78 is 0. The Morgan fingerprint density at radius 3 is 2.29 bits per heavy atom. The summed E-state index contributed by atoms with van der Waals surface area (Å²) in [6, 6.07) is -0.676. The van der Waals surface area contributed by atoms with Crippen LogP contribution in [0.1, 0.15) is 121 Å². The molecule has 0 saturated heterocycles. The van der Waals surface area contributed by atoms with Crippen molar-refractivity contribution >= 4 is 35.0 Å². The van der Waals surface area contributed by atoms with Gasteiger partial charge in [-0.25, -0.2) is 4.98 Å². The largest absolute Gasteiger partial charge is 0.481 e. The summed E-state index contributed by atoms with van der Waals surface area (Å²) in [4.78, 5) is 61.6. The molecule has 2 saturated carbocycles. The molecule has 272 valence electrons. The van der Waals surface area contributed by atoms with Gasteiger partial charge in [-0.05, 0) is 78.8 Å². The zero-order chi connectivity index (χ0) is 36.7. The van der Waals surface area contributed by atoms with Gasteiger partial charge in [0, 0.05) is 29.3 Å². The lowest BCUT2D eigenvalue weighted by Gasteiger charge is -2.46. The van der Waals surface area contributed by atoms with Crippen molar-refractivity contribution in [2.45, 2.75) is 128 Å². The van der Waals surface area contributed by atoms with Crippen LogP contribution in [0.3, 0.4) is 0 Å². The van der Waals surface area contributed by atoms with Gasteiger partial charge in [-0.3, -0.25) is 24.1 Å². The molecule has 2 fully saturated rings. The molecule has 0 aliphatic heterocycles. The standard InChI is InChI=1S/C35H56N8O5S/c1-12-21(4)26(38-30(48)32(6,7)42(9)10)28(45)43(11)33(8,20(2)3)19-34(13-14-34)31-37-25(18-49-31)27(44)39-35(15-22(5)29(46)47)16-23(35)24-17-36-41-40-24/h17-18,20-23,26H,12-16,19H2,1-11H3,(H,38,48)(H,39,44)(H,46,47)(H,36,40,41)/t21?,22?,23?,26-,33?,35?/m0/s1. The number of carbonyl (C=O) groups excluding carboxylic acids is 3. The lowest BCUT2D eigenvalue weighted by molar-refractivity contribution is -0.145. The van der Waals surface area contributed by atoms with E-state index in [4.69, 9.17) is 4.98 Å². The molecule has 4 rings (SSSR count). The van der Waals surface area contributed by atoms with Gasteiger partial charge in [-0.2, -0.15) is 15.4 Å². The van der Waals surface area contributed by atoms with Gasteiger partial charge in [0.2, 0.25) is 11.8 Å². The fraction of sp³-hybridized carbons (Fsp3) is 0.743. The van der Waals surface area contributed by atoms with Gasteiger partial charge >= 0.3 is 5.97 Å². The minimum absolute atomic E-state index is 0.0691. The van der Waals surface area contributed by atoms with Gasteiger partial charge in [0.15, 0.2) is 0 Å². The number of aromatic nitrogens is 4. The maximum absolute atomic E-state index is 14.3. The summed E-state index contributed by atoms with van der Waals surface area (Å²) in [5.74, 6) is -2.34. The highest BCUT2D eigenvalue weighted by Gasteiger charge is 2.59. The topological polar surface area (TPSA) is 174 Å². The normalized spacial score (nSPS) is 22.9. The van der Waals surface area contributed by atoms with Crippen LogP contribution in [0.4, 0.5) is 0 Å². The highest BCUT2D eigenvalue weighted by molar-refractivity contribution is 7.10. The molecule has 6 atom stereocenters. The van der Waals surface area contributed by atoms with Gasteiger partial charge < -0.3 is 20.6 Å². The number of hydrogen-bond donors (Lipinski definition) is 4. The third kappa shape index (κ3) is 7.69. The molecule has 2 heterocycles. The van der Waals surface area contributed by atoms with Crippen LogP contribution in [0, 0.1) is 17.8 Å². The molecule has 49 heavy (non-hydrogen) atoms. The number of thiazole rings is 1. The first-order chi connectivity index (χ1) is 22.7. The minimum atomic E-state index is -0.919. The zero-order valence-corrected chi connectivity index (χ0v) is 31.8. The Balaban J connectivity index is 1.53. The van der Waals surface area contributed by atoms with Crippen molar-refractivity contribution in [2.24, 2.45) is 17.8 Å². The van der Waals surface area contributed by atoms with Crippen molar-refractivity contribution in [3.63, 3.8) is 0 Å². The molecule has 14 heteroatoms. The van der Waals surface area contributed by atoms with E-state index < -0.39 is 34.5 Å². The summed E-state index contributed by atoms with van der Waals surface area (Å²) in [6.07, 6.45) is 5.62. The van der Waals surface area contributed by atoms with E-state index in [1.165, 1.54) is 11.3 Å². The van der Waals surface area contributed by atoms with Crippen LogP contribution in [-0.2, 0) is 19.8 Å². The summed E-state index contributed by atoms with van der Waals surface area (Å²) >= 11 is 1.45. The summed E-state index contributed by atoms with van der Waals surface area (Å²) in [5.41, 5.74) is -1.38. The van der Waals surface area contributed by atoms with Gasteiger partial charge in [-0.15, -0.1) is 11.3 Å². The molecule has 2 aromatic rings. The van der Waals surface area contributed by atoms with Crippen LogP contribution in [0.5, 0.6) is 0 Å². The quantitative estimate of drug-likeness (QED) is 0.189. The van der Waals surface area contributed by atoms with E-state index in [0.29, 0.717) is 24.2 Å². The van der Waals surface area contributed by atoms with E-state index in [0.717, 1.165) is 24.3 Å². The molecule has 0 radical (unpaired) electrons. The van der Waals surface area contributed by atoms with E-state index in [-0.39, 0.29) is 47.3 Å². The summed E-state index contributed by atoms with van der Waals surface area (Å²) in [6.45, 7) is 15.7. The summed E-state index contributed by atoms with van der Waals surface area (Å²) in [5, 5.41) is 29.1. The molecule has 3 amide bonds. The maximum atomic E-state index is 14.3. The van der Waals surface area contributed by atoms with Crippen molar-refractivity contribution in [2.75, 3.05) is 21.1 Å². The lowest BCUT2D eigenvalue weighted by Crippen LogP contribution is -2.62. The molecule has 0 bridgehead atoms. The molecular formula is C35H56N8O5S. The molecule has 13 nitrogen and oxygen atoms in total. The third-order valence-corrected chi connectivity index (χ3v) is 12.9. The van der Waals surface area contributed by atoms with Gasteiger partial charge in [0.1, 0.15) is 11.7 Å². The second kappa shape index (κ2) is 14.1. The Bertz CT molecular complexity index is 1520. The van der Waals surface area contributed by atoms with E-state index in [9.17, 15) is 24.3 Å². The average molecular weight is 701 g/mol. The number of aliphatic carboxylic acids is 1. The predicted octanol–water partition coefficient (Wildman–Crippen LogP) is 4.19. The molecule has 2 aliphatic rings. The van der Waals surface area contributed by atoms with Gasteiger partial charge in [-0.1, -0.05) is 41.0 Å². The van der Waals surface area contributed by atoms with Gasteiger partial charge in [0.25, 0.3) is 5.91 Å². The SMILES string of the molecule is CCC(C)[C@H](NC(=O)C(C)(C)N(C)C)C(=O)N(C)C(C)(CC1(c2nc(C(=O)NC3(CC(C)C(=O)O)CC3c3cn[nH]n3)cs2)CC1)C(C)C. The molecule has 4 N–H and O–H groups in total. The number of nitrogens with one attached hydrogen (secondary N) is 3. The van der Waals surface area contributed by atoms with Crippen molar-refractivity contribution < 1.29 is 24.3 Å². The van der Waals surface area contributed by atoms with E-state index in [1.54, 1.807) is 18.5 Å². The first kappa shape index (κ1) is 38.4. The number of rotatable bonds is 17. The van der Waals surface area contributed by atoms with Crippen LogP contribution < -0.4 is 10.6 Å². The second-order valence-corrected chi connectivity index (χ2v) is 16.8. The van der Waals surface area contributed by atoms with Crippen LogP contribution >= 0.6 is 11.3 Å². The van der Waals surface area contributed by atoms with Crippen LogP contribution in [0.25, 0.3) is 0 Å². The Morgan fingerprint density at radius 2 is 1.78 bits per heavy atom. The first-order valence-corrected chi connectivity index (χ1v) is 18.3. The number of H-pyrrole nitrogens is 1. The minimum Gasteiger partial charge on any atom is -0.481 e. The second-order valence-electron chi connectivity index (χ2n) is 15.9. The number of hydrogen-bond acceptors (Lipinski definition) is 9. The maximum Gasteiger partial charge on any atom is 0.306 e. The lowest BCUT2D eigenvalue weighted by atomic mass is 9.77. The van der Waals surface area contributed by atoms with Gasteiger partial charge in [0.05, 0.1) is 33.9 Å². The average Bonchev–Trinajstić information content (AvgIpc) is 3.76. The number of amides is 3. The summed E-state index contributed by atoms with van der Waals surface area (Å²) in [7, 11) is 5.55. The fourth-order valence-corrected chi connectivity index (χ4v) is 7.77. The number of aromatic amines is 1. The van der Waals surface area contributed by atoms with E-state index in [1.807, 2.05) is 58.6 Å². The Labute approximate surface area is 294 Å². The Hall–Kier alpha value is -3.39. The molecule has 2 aromatic heterocycles. The van der Waals surface area contributed by atoms with Crippen LogP contribution in [-0.4, -0.2) is 103 Å². The highest BCUT2D eigenvalue weighted by Crippen LogP contribution is 2.57. The van der Waals surface area contributed by atoms with Crippen molar-refractivity contribution in [1.82, 2.24) is 40.8 Å². The van der Waals surface area contributed by atoms with Crippen molar-refractivity contribution in [3.8, 4) is 0 Å². The van der Waals surface area contributed by atoms with Crippen molar-refractivity contribution in [3.05, 3.63) is 28.0 Å². The van der Waals surface area contributed by atoms with E-state index in [2.05, 4.69) is 46.8 Å². The van der Waals surface area contributed by atoms with Crippen LogP contribution in [0.2, 0.25) is 0 Å². The number of carbonyl (C=O) groups is 4. The van der Waals surface area contributed by atoms with Crippen molar-refractivity contribution in [1.29, 1.82) is 0 Å². The Kier molecular flexibility index (Phi) is 11.0. The highest BCUT2D eigenvalue weighted by atomic mass is 32.1.